The van der Waals surface area contributed by atoms with Gasteiger partial charge in [-0.05, 0) is 53.6 Å². The summed E-state index contributed by atoms with van der Waals surface area (Å²) in [4.78, 5) is 26.0. The third kappa shape index (κ3) is 5.44. The molecule has 0 aliphatic carbocycles. The Morgan fingerprint density at radius 3 is 2.42 bits per heavy atom. The van der Waals surface area contributed by atoms with Gasteiger partial charge in [0, 0.05) is 35.6 Å². The molecule has 0 unspecified atom stereocenters. The van der Waals surface area contributed by atoms with E-state index in [4.69, 9.17) is 23.4 Å². The van der Waals surface area contributed by atoms with Gasteiger partial charge in [-0.15, -0.1) is 0 Å². The third-order valence-electron chi connectivity index (χ3n) is 7.47. The number of aromatic hydroxyl groups is 2. The predicted molar refractivity (Wildman–Crippen MR) is 159 cm³/mol. The number of rotatable bonds is 8. The lowest BCUT2D eigenvalue weighted by Gasteiger charge is -2.26. The molecule has 2 heterocycles. The van der Waals surface area contributed by atoms with Gasteiger partial charge in [0.2, 0.25) is 0 Å². The highest BCUT2D eigenvalue weighted by Crippen LogP contribution is 2.46. The van der Waals surface area contributed by atoms with Gasteiger partial charge in [-0.3, -0.25) is 9.59 Å². The van der Waals surface area contributed by atoms with E-state index < -0.39 is 17.3 Å². The summed E-state index contributed by atoms with van der Waals surface area (Å²) in [5, 5.41) is 21.0. The number of fused-ring (bicyclic) bond motifs is 3. The summed E-state index contributed by atoms with van der Waals surface area (Å²) in [6, 6.07) is 22.3. The van der Waals surface area contributed by atoms with E-state index in [-0.39, 0.29) is 46.1 Å². The van der Waals surface area contributed by atoms with E-state index in [9.17, 15) is 19.8 Å². The summed E-state index contributed by atoms with van der Waals surface area (Å²) in [5.74, 6) is 0.407. The number of carbonyl (C=O) groups excluding carboxylic acids is 1. The molecular formula is C34H28O9. The SMILES string of the molecule is COc1ccc(CCOc2cccc([C@H]3CC(=O)Oc4cc(O)c5c(=O)cc(-c6ccc(OC)c(O)c6)oc5c43)c2)cc1. The molecule has 0 radical (unpaired) electrons. The van der Waals surface area contributed by atoms with Gasteiger partial charge in [-0.25, -0.2) is 0 Å². The quantitative estimate of drug-likeness (QED) is 0.169. The average molecular weight is 581 g/mol. The number of hydrogen-bond acceptors (Lipinski definition) is 9. The van der Waals surface area contributed by atoms with E-state index in [0.717, 1.165) is 16.9 Å². The number of ether oxygens (including phenoxy) is 4. The van der Waals surface area contributed by atoms with Crippen LogP contribution in [0.25, 0.3) is 22.3 Å². The minimum Gasteiger partial charge on any atom is -0.507 e. The Hall–Kier alpha value is -5.44. The number of carbonyl (C=O) groups is 1. The highest BCUT2D eigenvalue weighted by Gasteiger charge is 2.34. The van der Waals surface area contributed by atoms with Crippen LogP contribution >= 0.6 is 0 Å². The van der Waals surface area contributed by atoms with Crippen LogP contribution in [0.3, 0.4) is 0 Å². The second-order valence-corrected chi connectivity index (χ2v) is 10.1. The second kappa shape index (κ2) is 11.4. The van der Waals surface area contributed by atoms with Crippen molar-refractivity contribution in [2.24, 2.45) is 0 Å². The maximum Gasteiger partial charge on any atom is 0.312 e. The first-order chi connectivity index (χ1) is 20.8. The molecule has 43 heavy (non-hydrogen) atoms. The molecule has 218 valence electrons. The molecule has 0 fully saturated rings. The Morgan fingerprint density at radius 2 is 1.67 bits per heavy atom. The average Bonchev–Trinajstić information content (AvgIpc) is 3.00. The van der Waals surface area contributed by atoms with E-state index in [0.29, 0.717) is 29.9 Å². The van der Waals surface area contributed by atoms with Gasteiger partial charge < -0.3 is 33.6 Å². The number of phenols is 2. The Morgan fingerprint density at radius 1 is 0.860 bits per heavy atom. The zero-order valence-electron chi connectivity index (χ0n) is 23.5. The molecule has 6 rings (SSSR count). The standard InChI is InChI=1S/C34H28O9/c1-39-22-9-6-19(7-10-22)12-13-41-23-5-3-4-20(14-23)24-16-31(38)42-30-18-27(37)33-26(36)17-29(43-34(33)32(24)30)21-8-11-28(40-2)25(35)15-21/h3-11,14-15,17-18,24,35,37H,12-13,16H2,1-2H3/t24-/m1/s1. The molecule has 0 amide bonds. The highest BCUT2D eigenvalue weighted by molar-refractivity contribution is 5.93. The Labute approximate surface area is 246 Å². The highest BCUT2D eigenvalue weighted by atomic mass is 16.5. The predicted octanol–water partition coefficient (Wildman–Crippen LogP) is 5.95. The van der Waals surface area contributed by atoms with Crippen molar-refractivity contribution in [1.29, 1.82) is 0 Å². The Kier molecular flexibility index (Phi) is 7.38. The lowest BCUT2D eigenvalue weighted by molar-refractivity contribution is -0.135. The molecule has 1 aliphatic rings. The minimum atomic E-state index is -0.549. The molecule has 0 saturated carbocycles. The largest absolute Gasteiger partial charge is 0.507 e. The van der Waals surface area contributed by atoms with Crippen LogP contribution < -0.4 is 24.4 Å². The van der Waals surface area contributed by atoms with Crippen LogP contribution in [0, 0.1) is 0 Å². The fourth-order valence-corrected chi connectivity index (χ4v) is 5.33. The Balaban J connectivity index is 1.38. The van der Waals surface area contributed by atoms with Crippen LogP contribution in [0.5, 0.6) is 34.5 Å². The molecule has 9 nitrogen and oxygen atoms in total. The number of benzene rings is 4. The van der Waals surface area contributed by atoms with E-state index in [1.807, 2.05) is 48.5 Å². The lowest BCUT2D eigenvalue weighted by Crippen LogP contribution is -2.22. The van der Waals surface area contributed by atoms with Crippen molar-refractivity contribution < 1.29 is 38.4 Å². The van der Waals surface area contributed by atoms with Crippen LogP contribution in [-0.4, -0.2) is 37.0 Å². The zero-order valence-corrected chi connectivity index (χ0v) is 23.5. The molecular weight excluding hydrogens is 552 g/mol. The number of esters is 1. The zero-order chi connectivity index (χ0) is 30.1. The van der Waals surface area contributed by atoms with Crippen molar-refractivity contribution in [3.63, 3.8) is 0 Å². The van der Waals surface area contributed by atoms with Crippen molar-refractivity contribution in [2.75, 3.05) is 20.8 Å². The summed E-state index contributed by atoms with van der Waals surface area (Å²) in [6.45, 7) is 0.433. The van der Waals surface area contributed by atoms with E-state index in [2.05, 4.69) is 0 Å². The topological polar surface area (TPSA) is 125 Å². The molecule has 9 heteroatoms. The van der Waals surface area contributed by atoms with Crippen molar-refractivity contribution in [2.45, 2.75) is 18.8 Å². The maximum absolute atomic E-state index is 13.3. The molecule has 0 saturated heterocycles. The van der Waals surface area contributed by atoms with Crippen LogP contribution in [-0.2, 0) is 11.2 Å². The molecule has 4 aromatic carbocycles. The monoisotopic (exact) mass is 580 g/mol. The van der Waals surface area contributed by atoms with E-state index >= 15 is 0 Å². The summed E-state index contributed by atoms with van der Waals surface area (Å²) in [5.41, 5.74) is 2.34. The Bertz CT molecular complexity index is 1890. The molecule has 0 bridgehead atoms. The molecule has 0 spiro atoms. The van der Waals surface area contributed by atoms with E-state index in [1.165, 1.54) is 25.3 Å². The minimum absolute atomic E-state index is 0.0144. The molecule has 1 atom stereocenters. The van der Waals surface area contributed by atoms with Crippen LogP contribution in [0.1, 0.15) is 29.0 Å². The summed E-state index contributed by atoms with van der Waals surface area (Å²) < 4.78 is 28.1. The summed E-state index contributed by atoms with van der Waals surface area (Å²) in [6.07, 6.45) is 0.672. The molecule has 5 aromatic rings. The molecule has 1 aliphatic heterocycles. The van der Waals surface area contributed by atoms with Crippen molar-refractivity contribution in [3.8, 4) is 45.8 Å². The number of phenolic OH excluding ortho intramolecular Hbond substituents is 2. The van der Waals surface area contributed by atoms with E-state index in [1.54, 1.807) is 19.2 Å². The summed E-state index contributed by atoms with van der Waals surface area (Å²) in [7, 11) is 3.06. The fourth-order valence-electron chi connectivity index (χ4n) is 5.33. The van der Waals surface area contributed by atoms with Gasteiger partial charge in [0.05, 0.1) is 27.2 Å². The maximum atomic E-state index is 13.3. The van der Waals surface area contributed by atoms with Crippen molar-refractivity contribution in [1.82, 2.24) is 0 Å². The van der Waals surface area contributed by atoms with Gasteiger partial charge >= 0.3 is 5.97 Å². The van der Waals surface area contributed by atoms with Gasteiger partial charge in [0.1, 0.15) is 39.7 Å². The van der Waals surface area contributed by atoms with Gasteiger partial charge in [-0.1, -0.05) is 24.3 Å². The van der Waals surface area contributed by atoms with Crippen molar-refractivity contribution >= 4 is 16.9 Å². The van der Waals surface area contributed by atoms with Crippen LogP contribution in [0.4, 0.5) is 0 Å². The summed E-state index contributed by atoms with van der Waals surface area (Å²) >= 11 is 0. The third-order valence-corrected chi connectivity index (χ3v) is 7.47. The van der Waals surface area contributed by atoms with Crippen molar-refractivity contribution in [3.05, 3.63) is 106 Å². The molecule has 1 aromatic heterocycles. The smallest absolute Gasteiger partial charge is 0.312 e. The normalized spacial score (nSPS) is 14.2. The number of methoxy groups -OCH3 is 2. The van der Waals surface area contributed by atoms with Crippen LogP contribution in [0.15, 0.2) is 88.1 Å². The van der Waals surface area contributed by atoms with Crippen LogP contribution in [0.2, 0.25) is 0 Å². The van der Waals surface area contributed by atoms with Gasteiger partial charge in [0.25, 0.3) is 0 Å². The first-order valence-corrected chi connectivity index (χ1v) is 13.6. The first-order valence-electron chi connectivity index (χ1n) is 13.6. The van der Waals surface area contributed by atoms with Gasteiger partial charge in [-0.2, -0.15) is 0 Å². The molecule has 2 N–H and O–H groups in total. The first kappa shape index (κ1) is 27.7. The fraction of sp³-hybridized carbons (Fsp3) is 0.176. The number of hydrogen-bond donors (Lipinski definition) is 2. The lowest BCUT2D eigenvalue weighted by atomic mass is 9.85. The second-order valence-electron chi connectivity index (χ2n) is 10.1. The van der Waals surface area contributed by atoms with Gasteiger partial charge in [0.15, 0.2) is 16.9 Å².